The van der Waals surface area contributed by atoms with E-state index in [1.165, 1.54) is 6.07 Å². The molecule has 0 radical (unpaired) electrons. The number of benzene rings is 1. The van der Waals surface area contributed by atoms with Crippen molar-refractivity contribution in [2.45, 2.75) is 17.7 Å². The van der Waals surface area contributed by atoms with Crippen molar-refractivity contribution >= 4 is 21.6 Å². The molecule has 0 unspecified atom stereocenters. The van der Waals surface area contributed by atoms with Crippen LogP contribution in [0.1, 0.15) is 12.2 Å². The van der Waals surface area contributed by atoms with Crippen molar-refractivity contribution < 1.29 is 12.8 Å². The van der Waals surface area contributed by atoms with E-state index in [0.717, 1.165) is 18.0 Å². The Morgan fingerprint density at radius 3 is 2.85 bits per heavy atom. The zero-order valence-corrected chi connectivity index (χ0v) is 12.0. The molecule has 0 amide bonds. The minimum Gasteiger partial charge on any atom is -0.349 e. The van der Waals surface area contributed by atoms with E-state index in [9.17, 15) is 12.8 Å². The minimum absolute atomic E-state index is 0.0538. The summed E-state index contributed by atoms with van der Waals surface area (Å²) in [5.41, 5.74) is 0. The summed E-state index contributed by atoms with van der Waals surface area (Å²) in [7, 11) is -3.67. The van der Waals surface area contributed by atoms with Gasteiger partial charge in [0.05, 0.1) is 9.92 Å². The summed E-state index contributed by atoms with van der Waals surface area (Å²) in [6, 6.07) is 3.29. The maximum absolute atomic E-state index is 13.0. The lowest BCUT2D eigenvalue weighted by Crippen LogP contribution is -2.25. The molecule has 0 saturated heterocycles. The number of H-pyrrole nitrogens is 1. The Morgan fingerprint density at radius 2 is 2.20 bits per heavy atom. The van der Waals surface area contributed by atoms with Crippen LogP contribution < -0.4 is 4.72 Å². The second-order valence-corrected chi connectivity index (χ2v) is 6.29. The van der Waals surface area contributed by atoms with E-state index < -0.39 is 15.8 Å². The molecule has 0 spiro atoms. The van der Waals surface area contributed by atoms with Crippen LogP contribution in [0, 0.1) is 5.82 Å². The van der Waals surface area contributed by atoms with Gasteiger partial charge in [-0.1, -0.05) is 11.6 Å². The molecular weight excluding hydrogens is 305 g/mol. The Kier molecular flexibility index (Phi) is 4.74. The van der Waals surface area contributed by atoms with Crippen molar-refractivity contribution in [3.05, 3.63) is 47.3 Å². The number of hydrogen-bond acceptors (Lipinski definition) is 3. The van der Waals surface area contributed by atoms with Crippen LogP contribution in [-0.4, -0.2) is 24.9 Å². The Hall–Kier alpha value is -1.44. The van der Waals surface area contributed by atoms with Gasteiger partial charge in [0.2, 0.25) is 10.0 Å². The third-order valence-corrected chi connectivity index (χ3v) is 4.39. The van der Waals surface area contributed by atoms with Crippen molar-refractivity contribution in [3.8, 4) is 0 Å². The van der Waals surface area contributed by atoms with Gasteiger partial charge in [0, 0.05) is 25.4 Å². The van der Waals surface area contributed by atoms with Crippen LogP contribution in [0.4, 0.5) is 4.39 Å². The van der Waals surface area contributed by atoms with Gasteiger partial charge in [-0.15, -0.1) is 0 Å². The van der Waals surface area contributed by atoms with Crippen molar-refractivity contribution in [1.29, 1.82) is 0 Å². The number of aryl methyl sites for hydroxylation is 1. The predicted molar refractivity (Wildman–Crippen MR) is 73.5 cm³/mol. The number of aromatic nitrogens is 2. The topological polar surface area (TPSA) is 74.8 Å². The minimum atomic E-state index is -3.67. The van der Waals surface area contributed by atoms with Crippen LogP contribution in [0.25, 0.3) is 0 Å². The van der Waals surface area contributed by atoms with E-state index >= 15 is 0 Å². The summed E-state index contributed by atoms with van der Waals surface area (Å²) in [4.78, 5) is 6.92. The second kappa shape index (κ2) is 6.34. The normalized spacial score (nSPS) is 11.7. The van der Waals surface area contributed by atoms with Gasteiger partial charge in [-0.05, 0) is 24.6 Å². The number of sulfonamides is 1. The first kappa shape index (κ1) is 15.0. The molecule has 0 bridgehead atoms. The molecule has 8 heteroatoms. The first-order valence-corrected chi connectivity index (χ1v) is 7.78. The molecule has 1 heterocycles. The van der Waals surface area contributed by atoms with E-state index in [1.54, 1.807) is 12.4 Å². The number of nitrogens with zero attached hydrogens (tertiary/aromatic N) is 1. The summed E-state index contributed by atoms with van der Waals surface area (Å²) in [6.45, 7) is 0.262. The average molecular weight is 318 g/mol. The monoisotopic (exact) mass is 317 g/mol. The summed E-state index contributed by atoms with van der Waals surface area (Å²) < 4.78 is 39.3. The highest BCUT2D eigenvalue weighted by Gasteiger charge is 2.15. The fourth-order valence-corrected chi connectivity index (χ4v) is 2.97. The fraction of sp³-hybridized carbons (Fsp3) is 0.250. The average Bonchev–Trinajstić information content (AvgIpc) is 2.91. The zero-order valence-electron chi connectivity index (χ0n) is 10.4. The molecule has 20 heavy (non-hydrogen) atoms. The lowest BCUT2D eigenvalue weighted by atomic mass is 10.3. The molecule has 1 aromatic heterocycles. The molecular formula is C12H13ClFN3O2S. The van der Waals surface area contributed by atoms with Crippen LogP contribution in [0.5, 0.6) is 0 Å². The molecule has 2 aromatic rings. The van der Waals surface area contributed by atoms with Crippen LogP contribution >= 0.6 is 11.6 Å². The maximum Gasteiger partial charge on any atom is 0.240 e. The van der Waals surface area contributed by atoms with Gasteiger partial charge >= 0.3 is 0 Å². The highest BCUT2D eigenvalue weighted by atomic mass is 35.5. The molecule has 0 aliphatic heterocycles. The van der Waals surface area contributed by atoms with Crippen LogP contribution in [0.15, 0.2) is 35.5 Å². The second-order valence-electron chi connectivity index (χ2n) is 4.11. The number of rotatable bonds is 6. The Bertz CT molecular complexity index is 674. The van der Waals surface area contributed by atoms with E-state index in [1.807, 2.05) is 0 Å². The summed E-state index contributed by atoms with van der Waals surface area (Å²) >= 11 is 5.57. The molecule has 0 fully saturated rings. The Labute approximate surface area is 121 Å². The van der Waals surface area contributed by atoms with Crippen molar-refractivity contribution in [2.24, 2.45) is 0 Å². The number of aromatic amines is 1. The van der Waals surface area contributed by atoms with E-state index in [0.29, 0.717) is 12.8 Å². The highest BCUT2D eigenvalue weighted by Crippen LogP contribution is 2.19. The summed E-state index contributed by atoms with van der Waals surface area (Å²) in [5.74, 6) is 0.150. The maximum atomic E-state index is 13.0. The first-order chi connectivity index (χ1) is 9.49. The van der Waals surface area contributed by atoms with Gasteiger partial charge in [-0.3, -0.25) is 0 Å². The van der Waals surface area contributed by atoms with E-state index in [2.05, 4.69) is 14.7 Å². The summed E-state index contributed by atoms with van der Waals surface area (Å²) in [5, 5.41) is -0.219. The molecule has 108 valence electrons. The zero-order chi connectivity index (χ0) is 14.6. The van der Waals surface area contributed by atoms with Crippen LogP contribution in [0.3, 0.4) is 0 Å². The molecule has 0 atom stereocenters. The quantitative estimate of drug-likeness (QED) is 0.801. The molecule has 2 N–H and O–H groups in total. The van der Waals surface area contributed by atoms with Gasteiger partial charge in [0.15, 0.2) is 0 Å². The predicted octanol–water partition coefficient (Wildman–Crippen LogP) is 2.11. The van der Waals surface area contributed by atoms with Crippen LogP contribution in [0.2, 0.25) is 5.02 Å². The van der Waals surface area contributed by atoms with Gasteiger partial charge in [-0.2, -0.15) is 0 Å². The van der Waals surface area contributed by atoms with Crippen molar-refractivity contribution in [1.82, 2.24) is 14.7 Å². The Balaban J connectivity index is 1.92. The van der Waals surface area contributed by atoms with Gasteiger partial charge in [0.1, 0.15) is 11.6 Å². The molecule has 1 aromatic carbocycles. The number of halogens is 2. The third kappa shape index (κ3) is 3.78. The number of nitrogens with one attached hydrogen (secondary N) is 2. The van der Waals surface area contributed by atoms with E-state index in [-0.39, 0.29) is 16.5 Å². The lowest BCUT2D eigenvalue weighted by molar-refractivity contribution is 0.577. The SMILES string of the molecule is O=S(=O)(NCCCc1ncc[nH]1)c1ccc(F)c(Cl)c1. The summed E-state index contributed by atoms with van der Waals surface area (Å²) in [6.07, 6.45) is 4.58. The fourth-order valence-electron chi connectivity index (χ4n) is 1.62. The lowest BCUT2D eigenvalue weighted by Gasteiger charge is -2.07. The number of hydrogen-bond donors (Lipinski definition) is 2. The third-order valence-electron chi connectivity index (χ3n) is 2.64. The Morgan fingerprint density at radius 1 is 1.40 bits per heavy atom. The van der Waals surface area contributed by atoms with Crippen molar-refractivity contribution in [3.63, 3.8) is 0 Å². The van der Waals surface area contributed by atoms with Gasteiger partial charge < -0.3 is 4.98 Å². The first-order valence-electron chi connectivity index (χ1n) is 5.92. The van der Waals surface area contributed by atoms with Gasteiger partial charge in [0.25, 0.3) is 0 Å². The number of imidazole rings is 1. The highest BCUT2D eigenvalue weighted by molar-refractivity contribution is 7.89. The molecule has 5 nitrogen and oxygen atoms in total. The van der Waals surface area contributed by atoms with Crippen LogP contribution in [-0.2, 0) is 16.4 Å². The van der Waals surface area contributed by atoms with E-state index in [4.69, 9.17) is 11.6 Å². The van der Waals surface area contributed by atoms with Crippen molar-refractivity contribution in [2.75, 3.05) is 6.54 Å². The molecule has 2 rings (SSSR count). The molecule has 0 saturated carbocycles. The molecule has 0 aliphatic carbocycles. The van der Waals surface area contributed by atoms with Gasteiger partial charge in [-0.25, -0.2) is 22.5 Å². The standard InChI is InChI=1S/C12H13ClFN3O2S/c13-10-8-9(3-4-11(10)14)20(18,19)17-5-1-2-12-15-6-7-16-12/h3-4,6-8,17H,1-2,5H2,(H,15,16). The molecule has 0 aliphatic rings. The largest absolute Gasteiger partial charge is 0.349 e. The smallest absolute Gasteiger partial charge is 0.240 e.